The van der Waals surface area contributed by atoms with Gasteiger partial charge in [-0.2, -0.15) is 0 Å². The zero-order valence-corrected chi connectivity index (χ0v) is 23.7. The Morgan fingerprint density at radius 1 is 0.914 bits per heavy atom. The summed E-state index contributed by atoms with van der Waals surface area (Å²) in [4.78, 5) is 11.8. The topological polar surface area (TPSA) is 46.5 Å². The van der Waals surface area contributed by atoms with Crippen LogP contribution >= 0.6 is 0 Å². The summed E-state index contributed by atoms with van der Waals surface area (Å²) < 4.78 is 5.87. The van der Waals surface area contributed by atoms with E-state index in [0.29, 0.717) is 34.0 Å². The molecule has 0 amide bonds. The van der Waals surface area contributed by atoms with Crippen molar-refractivity contribution in [3.63, 3.8) is 0 Å². The summed E-state index contributed by atoms with van der Waals surface area (Å²) in [6.07, 6.45) is 11.2. The maximum absolute atomic E-state index is 11.8. The van der Waals surface area contributed by atoms with Gasteiger partial charge in [-0.3, -0.25) is 4.79 Å². The quantitative estimate of drug-likeness (QED) is 0.308. The molecule has 0 spiro atoms. The van der Waals surface area contributed by atoms with E-state index in [1.54, 1.807) is 6.92 Å². The predicted molar refractivity (Wildman–Crippen MR) is 144 cm³/mol. The summed E-state index contributed by atoms with van der Waals surface area (Å²) in [5.74, 6) is 2.50. The maximum atomic E-state index is 11.8. The van der Waals surface area contributed by atoms with Crippen LogP contribution in [0.1, 0.15) is 113 Å². The number of aliphatic hydroxyl groups excluding tert-OH is 1. The van der Waals surface area contributed by atoms with Crippen LogP contribution in [-0.4, -0.2) is 23.3 Å². The maximum Gasteiger partial charge on any atom is 0.302 e. The summed E-state index contributed by atoms with van der Waals surface area (Å²) in [6, 6.07) is 0. The minimum Gasteiger partial charge on any atom is -0.462 e. The van der Waals surface area contributed by atoms with Crippen LogP contribution in [0.25, 0.3) is 0 Å². The van der Waals surface area contributed by atoms with E-state index in [1.165, 1.54) is 50.5 Å². The third-order valence-electron chi connectivity index (χ3n) is 12.5. The third kappa shape index (κ3) is 4.07. The molecule has 0 aliphatic heterocycles. The molecule has 0 aromatic heterocycles. The summed E-state index contributed by atoms with van der Waals surface area (Å²) in [7, 11) is 0. The van der Waals surface area contributed by atoms with E-state index < -0.39 is 6.10 Å². The summed E-state index contributed by atoms with van der Waals surface area (Å²) >= 11 is 0. The van der Waals surface area contributed by atoms with E-state index in [-0.39, 0.29) is 17.5 Å². The first-order valence-electron chi connectivity index (χ1n) is 14.4. The lowest BCUT2D eigenvalue weighted by molar-refractivity contribution is -0.226. The van der Waals surface area contributed by atoms with Crippen LogP contribution in [0.15, 0.2) is 24.3 Å². The van der Waals surface area contributed by atoms with E-state index in [1.807, 2.05) is 6.92 Å². The number of allylic oxidation sites excluding steroid dienone is 1. The van der Waals surface area contributed by atoms with Crippen LogP contribution < -0.4 is 0 Å². The van der Waals surface area contributed by atoms with E-state index >= 15 is 0 Å². The lowest BCUT2D eigenvalue weighted by Gasteiger charge is -2.70. The Hall–Kier alpha value is -1.09. The minimum absolute atomic E-state index is 0.0222. The monoisotopic (exact) mass is 484 g/mol. The second kappa shape index (κ2) is 9.03. The summed E-state index contributed by atoms with van der Waals surface area (Å²) in [6.45, 7) is 24.6. The standard InChI is InChI=1S/C32H52O3/c1-20(2)25(34)12-10-21(3)23-14-18-31(8)24(23)11-13-27-30(7)17-16-28(35-22(4)33)29(5,6)26(30)15-19-32(27,31)9/h23-28,34H,1,3,10-19H2,2,4-9H3/t23-,24?,25?,26?,27-,28?,30+,31+,32-/m1/s1. The molecule has 4 rings (SSSR count). The molecule has 4 saturated carbocycles. The Morgan fingerprint density at radius 3 is 2.20 bits per heavy atom. The second-order valence-electron chi connectivity index (χ2n) is 14.3. The lowest BCUT2D eigenvalue weighted by Crippen LogP contribution is -2.64. The van der Waals surface area contributed by atoms with Gasteiger partial charge in [-0.05, 0) is 111 Å². The molecule has 4 aliphatic carbocycles. The summed E-state index contributed by atoms with van der Waals surface area (Å²) in [5, 5.41) is 10.3. The van der Waals surface area contributed by atoms with Gasteiger partial charge in [0.15, 0.2) is 0 Å². The fourth-order valence-electron chi connectivity index (χ4n) is 10.4. The number of hydrogen-bond acceptors (Lipinski definition) is 3. The first kappa shape index (κ1) is 27.0. The Balaban J connectivity index is 1.56. The highest BCUT2D eigenvalue weighted by molar-refractivity contribution is 5.66. The van der Waals surface area contributed by atoms with Gasteiger partial charge >= 0.3 is 5.97 Å². The van der Waals surface area contributed by atoms with Gasteiger partial charge in [0, 0.05) is 12.3 Å². The zero-order chi connectivity index (χ0) is 26.0. The Morgan fingerprint density at radius 2 is 1.57 bits per heavy atom. The van der Waals surface area contributed by atoms with Crippen molar-refractivity contribution in [2.45, 2.75) is 125 Å². The molecular weight excluding hydrogens is 432 g/mol. The van der Waals surface area contributed by atoms with Crippen molar-refractivity contribution < 1.29 is 14.6 Å². The Kier molecular flexibility index (Phi) is 6.96. The van der Waals surface area contributed by atoms with Crippen LogP contribution in [0.3, 0.4) is 0 Å². The van der Waals surface area contributed by atoms with Gasteiger partial charge < -0.3 is 9.84 Å². The molecule has 198 valence electrons. The number of aliphatic hydroxyl groups is 1. The van der Waals surface area contributed by atoms with Crippen LogP contribution in [0.2, 0.25) is 0 Å². The predicted octanol–water partition coefficient (Wildman–Crippen LogP) is 7.88. The molecule has 4 fully saturated rings. The molecular formula is C32H52O3. The van der Waals surface area contributed by atoms with Crippen LogP contribution in [0.5, 0.6) is 0 Å². The first-order chi connectivity index (χ1) is 16.2. The van der Waals surface area contributed by atoms with Gasteiger partial charge in [-0.1, -0.05) is 58.9 Å². The van der Waals surface area contributed by atoms with Gasteiger partial charge in [0.05, 0.1) is 6.10 Å². The number of fused-ring (bicyclic) bond motifs is 5. The van der Waals surface area contributed by atoms with Crippen molar-refractivity contribution in [3.05, 3.63) is 24.3 Å². The van der Waals surface area contributed by atoms with E-state index in [2.05, 4.69) is 47.8 Å². The largest absolute Gasteiger partial charge is 0.462 e. The van der Waals surface area contributed by atoms with Gasteiger partial charge in [0.1, 0.15) is 6.10 Å². The zero-order valence-electron chi connectivity index (χ0n) is 23.7. The van der Waals surface area contributed by atoms with Crippen molar-refractivity contribution >= 4 is 5.97 Å². The SMILES string of the molecule is C=C(C)C(O)CCC(=C)[C@H]1CC[C@@]2(C)C1CC[C@@H]1[C@@]3(C)CCC(OC(C)=O)C(C)(C)C3CC[C@]12C. The molecule has 0 saturated heterocycles. The molecule has 1 N–H and O–H groups in total. The molecule has 0 aromatic rings. The van der Waals surface area contributed by atoms with E-state index in [9.17, 15) is 9.90 Å². The van der Waals surface area contributed by atoms with Gasteiger partial charge in [0.2, 0.25) is 0 Å². The van der Waals surface area contributed by atoms with Crippen molar-refractivity contribution in [3.8, 4) is 0 Å². The average Bonchev–Trinajstić information content (AvgIpc) is 3.12. The number of esters is 1. The number of carbonyl (C=O) groups is 1. The highest BCUT2D eigenvalue weighted by Crippen LogP contribution is 2.75. The molecule has 35 heavy (non-hydrogen) atoms. The number of rotatable bonds is 6. The Labute approximate surface area is 215 Å². The number of carbonyl (C=O) groups excluding carboxylic acids is 1. The van der Waals surface area contributed by atoms with E-state index in [0.717, 1.165) is 30.8 Å². The highest BCUT2D eigenvalue weighted by Gasteiger charge is 2.68. The molecule has 3 heteroatoms. The highest BCUT2D eigenvalue weighted by atomic mass is 16.5. The smallest absolute Gasteiger partial charge is 0.302 e. The minimum atomic E-state index is -0.409. The molecule has 3 nitrogen and oxygen atoms in total. The van der Waals surface area contributed by atoms with Crippen molar-refractivity contribution in [1.29, 1.82) is 0 Å². The summed E-state index contributed by atoms with van der Waals surface area (Å²) in [5.41, 5.74) is 3.25. The molecule has 9 atom stereocenters. The molecule has 4 unspecified atom stereocenters. The normalized spacial score (nSPS) is 45.0. The fraction of sp³-hybridized carbons (Fsp3) is 0.844. The molecule has 0 radical (unpaired) electrons. The lowest BCUT2D eigenvalue weighted by atomic mass is 9.35. The van der Waals surface area contributed by atoms with Gasteiger partial charge in [-0.15, -0.1) is 0 Å². The molecule has 4 aliphatic rings. The van der Waals surface area contributed by atoms with Crippen LogP contribution in [0, 0.1) is 45.3 Å². The van der Waals surface area contributed by atoms with Gasteiger partial charge in [-0.25, -0.2) is 0 Å². The third-order valence-corrected chi connectivity index (χ3v) is 12.5. The molecule has 0 bridgehead atoms. The molecule has 0 aromatic carbocycles. The second-order valence-corrected chi connectivity index (χ2v) is 14.3. The Bertz CT molecular complexity index is 872. The average molecular weight is 485 g/mol. The van der Waals surface area contributed by atoms with Crippen molar-refractivity contribution in [2.24, 2.45) is 45.3 Å². The van der Waals surface area contributed by atoms with Crippen LogP contribution in [-0.2, 0) is 9.53 Å². The number of ether oxygens (including phenoxy) is 1. The number of hydrogen-bond donors (Lipinski definition) is 1. The van der Waals surface area contributed by atoms with Crippen molar-refractivity contribution in [1.82, 2.24) is 0 Å². The van der Waals surface area contributed by atoms with Gasteiger partial charge in [0.25, 0.3) is 0 Å². The first-order valence-corrected chi connectivity index (χ1v) is 14.4. The van der Waals surface area contributed by atoms with E-state index in [4.69, 9.17) is 4.74 Å². The van der Waals surface area contributed by atoms with Crippen molar-refractivity contribution in [2.75, 3.05) is 0 Å². The fourth-order valence-corrected chi connectivity index (χ4v) is 10.4. The molecule has 0 heterocycles. The van der Waals surface area contributed by atoms with Crippen LogP contribution in [0.4, 0.5) is 0 Å².